The van der Waals surface area contributed by atoms with Crippen molar-refractivity contribution in [2.24, 2.45) is 0 Å². The number of aromatic nitrogens is 5. The minimum atomic E-state index is -0.341. The summed E-state index contributed by atoms with van der Waals surface area (Å²) >= 11 is 0. The van der Waals surface area contributed by atoms with Gasteiger partial charge in [-0.05, 0) is 48.0 Å². The van der Waals surface area contributed by atoms with Crippen LogP contribution >= 0.6 is 0 Å². The third kappa shape index (κ3) is 5.29. The Hall–Kier alpha value is -5.25. The van der Waals surface area contributed by atoms with Gasteiger partial charge in [-0.1, -0.05) is 36.9 Å². The summed E-state index contributed by atoms with van der Waals surface area (Å²) in [5.41, 5.74) is 4.30. The average Bonchev–Trinajstić information content (AvgIpc) is 3.35. The number of nitrogens with one attached hydrogen (secondary N) is 2. The van der Waals surface area contributed by atoms with Crippen molar-refractivity contribution < 1.29 is 9.53 Å². The lowest BCUT2D eigenvalue weighted by atomic mass is 10.2. The van der Waals surface area contributed by atoms with E-state index in [9.17, 15) is 4.79 Å². The molecule has 0 saturated carbocycles. The summed E-state index contributed by atoms with van der Waals surface area (Å²) in [5, 5.41) is 11.5. The number of hydrogen-bond donors (Lipinski definition) is 2. The predicted molar refractivity (Wildman–Crippen MR) is 148 cm³/mol. The smallest absolute Gasteiger partial charge is 0.247 e. The number of carbonyl (C=O) groups is 1. The van der Waals surface area contributed by atoms with Gasteiger partial charge in [0.1, 0.15) is 12.1 Å². The second-order valence-electron chi connectivity index (χ2n) is 8.43. The second kappa shape index (κ2) is 10.8. The Kier molecular flexibility index (Phi) is 6.94. The number of nitrogens with zero attached hydrogens (tertiary/aromatic N) is 6. The van der Waals surface area contributed by atoms with E-state index in [0.717, 1.165) is 16.6 Å². The second-order valence-corrected chi connectivity index (χ2v) is 8.43. The Morgan fingerprint density at radius 3 is 2.74 bits per heavy atom. The summed E-state index contributed by atoms with van der Waals surface area (Å²) in [6.45, 7) is 4.18. The zero-order chi connectivity index (χ0) is 26.5. The Bertz CT molecular complexity index is 1600. The van der Waals surface area contributed by atoms with Gasteiger partial charge in [-0.15, -0.1) is 0 Å². The first-order chi connectivity index (χ1) is 18.5. The van der Waals surface area contributed by atoms with Gasteiger partial charge in [0.2, 0.25) is 17.8 Å². The maximum atomic E-state index is 11.8. The number of amides is 1. The molecule has 38 heavy (non-hydrogen) atoms. The number of ether oxygens (including phenoxy) is 1. The molecule has 0 unspecified atom stereocenters. The van der Waals surface area contributed by atoms with Crippen molar-refractivity contribution in [1.82, 2.24) is 24.7 Å². The van der Waals surface area contributed by atoms with Crippen LogP contribution in [0.5, 0.6) is 5.75 Å². The molecule has 2 aromatic heterocycles. The molecule has 5 rings (SSSR count). The summed E-state index contributed by atoms with van der Waals surface area (Å²) < 4.78 is 7.31. The molecule has 0 bridgehead atoms. The highest BCUT2D eigenvalue weighted by Gasteiger charge is 2.13. The van der Waals surface area contributed by atoms with E-state index < -0.39 is 0 Å². The van der Waals surface area contributed by atoms with Gasteiger partial charge in [-0.3, -0.25) is 9.48 Å². The molecule has 2 heterocycles. The maximum Gasteiger partial charge on any atom is 0.247 e. The van der Waals surface area contributed by atoms with Crippen LogP contribution in [0.2, 0.25) is 0 Å². The molecular weight excluding hydrogens is 480 g/mol. The van der Waals surface area contributed by atoms with Crippen molar-refractivity contribution in [3.63, 3.8) is 0 Å². The van der Waals surface area contributed by atoms with Crippen molar-refractivity contribution in [1.29, 1.82) is 0 Å². The Morgan fingerprint density at radius 1 is 1.11 bits per heavy atom. The maximum absolute atomic E-state index is 11.8. The van der Waals surface area contributed by atoms with Crippen LogP contribution in [0.25, 0.3) is 10.9 Å². The predicted octanol–water partition coefficient (Wildman–Crippen LogP) is 4.91. The van der Waals surface area contributed by atoms with Crippen LogP contribution in [-0.4, -0.2) is 44.8 Å². The van der Waals surface area contributed by atoms with Crippen molar-refractivity contribution in [2.75, 3.05) is 29.7 Å². The van der Waals surface area contributed by atoms with E-state index in [2.05, 4.69) is 55.5 Å². The topological polar surface area (TPSA) is 110 Å². The zero-order valence-corrected chi connectivity index (χ0v) is 21.0. The summed E-state index contributed by atoms with van der Waals surface area (Å²) in [6, 6.07) is 21.6. The minimum Gasteiger partial charge on any atom is -0.495 e. The number of methoxy groups -OCH3 is 1. The Labute approximate surface area is 219 Å². The van der Waals surface area contributed by atoms with Gasteiger partial charge in [0.25, 0.3) is 0 Å². The molecule has 0 aliphatic heterocycles. The lowest BCUT2D eigenvalue weighted by Gasteiger charge is -2.18. The van der Waals surface area contributed by atoms with E-state index in [1.165, 1.54) is 25.1 Å². The fourth-order valence-corrected chi connectivity index (χ4v) is 3.99. The van der Waals surface area contributed by atoms with Crippen molar-refractivity contribution >= 4 is 45.8 Å². The quantitative estimate of drug-likeness (QED) is 0.271. The molecule has 0 spiro atoms. The third-order valence-corrected chi connectivity index (χ3v) is 5.95. The molecule has 0 aliphatic rings. The number of rotatable bonds is 9. The molecule has 0 radical (unpaired) electrons. The molecule has 5 aromatic rings. The summed E-state index contributed by atoms with van der Waals surface area (Å²) in [4.78, 5) is 26.8. The fraction of sp³-hybridized carbons (Fsp3) is 0.107. The van der Waals surface area contributed by atoms with Crippen LogP contribution in [0.4, 0.5) is 29.0 Å². The molecule has 1 amide bonds. The van der Waals surface area contributed by atoms with E-state index in [4.69, 9.17) is 4.74 Å². The first-order valence-corrected chi connectivity index (χ1v) is 11.8. The van der Waals surface area contributed by atoms with Crippen molar-refractivity contribution in [3.8, 4) is 5.75 Å². The lowest BCUT2D eigenvalue weighted by Crippen LogP contribution is -2.14. The van der Waals surface area contributed by atoms with E-state index in [-0.39, 0.29) is 5.91 Å². The lowest BCUT2D eigenvalue weighted by molar-refractivity contribution is -0.111. The summed E-state index contributed by atoms with van der Waals surface area (Å²) in [7, 11) is 3.43. The highest BCUT2D eigenvalue weighted by molar-refractivity contribution is 6.00. The van der Waals surface area contributed by atoms with Crippen LogP contribution in [0.3, 0.4) is 0 Å². The third-order valence-electron chi connectivity index (χ3n) is 5.95. The first kappa shape index (κ1) is 24.4. The molecule has 0 fully saturated rings. The van der Waals surface area contributed by atoms with Gasteiger partial charge in [0.05, 0.1) is 31.1 Å². The average molecular weight is 507 g/mol. The van der Waals surface area contributed by atoms with Gasteiger partial charge < -0.3 is 20.3 Å². The van der Waals surface area contributed by atoms with Gasteiger partial charge in [-0.2, -0.15) is 10.1 Å². The molecule has 0 atom stereocenters. The molecule has 190 valence electrons. The monoisotopic (exact) mass is 506 g/mol. The van der Waals surface area contributed by atoms with Crippen molar-refractivity contribution in [2.45, 2.75) is 6.54 Å². The minimum absolute atomic E-state index is 0.341. The first-order valence-electron chi connectivity index (χ1n) is 11.8. The van der Waals surface area contributed by atoms with Crippen LogP contribution in [0, 0.1) is 0 Å². The largest absolute Gasteiger partial charge is 0.495 e. The number of fused-ring (bicyclic) bond motifs is 1. The van der Waals surface area contributed by atoms with Crippen molar-refractivity contribution in [3.05, 3.63) is 97.5 Å². The number of benzene rings is 3. The van der Waals surface area contributed by atoms with E-state index in [1.54, 1.807) is 18.2 Å². The normalized spacial score (nSPS) is 10.7. The van der Waals surface area contributed by atoms with Crippen LogP contribution < -0.4 is 20.3 Å². The molecule has 2 N–H and O–H groups in total. The zero-order valence-electron chi connectivity index (χ0n) is 21.0. The van der Waals surface area contributed by atoms with Crippen LogP contribution in [0.15, 0.2) is 91.9 Å². The SMILES string of the molecule is C=CC(=O)Nc1cc(Nc2ncnc(N(C)c3ccc4c(cnn4Cc4ccccc4)c3)n2)ccc1OC. The van der Waals surface area contributed by atoms with Gasteiger partial charge >= 0.3 is 0 Å². The highest BCUT2D eigenvalue weighted by Crippen LogP contribution is 2.30. The number of carbonyl (C=O) groups excluding carboxylic acids is 1. The standard InChI is InChI=1S/C28H26N8O2/c1-4-26(37)33-23-15-21(10-13-25(23)38-3)32-27-29-18-30-28(34-27)35(2)22-11-12-24-20(14-22)16-31-36(24)17-19-8-6-5-7-9-19/h4-16,18H,1,17H2,2-3H3,(H,33,37)(H,29,30,32,34). The van der Waals surface area contributed by atoms with Gasteiger partial charge in [0.15, 0.2) is 0 Å². The molecule has 10 heteroatoms. The number of anilines is 5. The van der Waals surface area contributed by atoms with Gasteiger partial charge in [-0.25, -0.2) is 9.97 Å². The highest BCUT2D eigenvalue weighted by atomic mass is 16.5. The molecule has 3 aromatic carbocycles. The Balaban J connectivity index is 1.35. The van der Waals surface area contributed by atoms with Crippen LogP contribution in [0.1, 0.15) is 5.56 Å². The molecule has 0 aliphatic carbocycles. The molecular formula is C28H26N8O2. The van der Waals surface area contributed by atoms with E-state index in [1.807, 2.05) is 53.2 Å². The van der Waals surface area contributed by atoms with Gasteiger partial charge in [0, 0.05) is 23.8 Å². The summed E-state index contributed by atoms with van der Waals surface area (Å²) in [6.07, 6.45) is 4.50. The summed E-state index contributed by atoms with van der Waals surface area (Å²) in [5.74, 6) is 0.994. The molecule has 10 nitrogen and oxygen atoms in total. The molecule has 0 saturated heterocycles. The fourth-order valence-electron chi connectivity index (χ4n) is 3.99. The van der Waals surface area contributed by atoms with E-state index in [0.29, 0.717) is 35.6 Å². The van der Waals surface area contributed by atoms with Crippen LogP contribution in [-0.2, 0) is 11.3 Å². The number of hydrogen-bond acceptors (Lipinski definition) is 8. The van der Waals surface area contributed by atoms with E-state index >= 15 is 0 Å². The Morgan fingerprint density at radius 2 is 1.95 bits per heavy atom.